The Morgan fingerprint density at radius 1 is 1.07 bits per heavy atom. The second-order valence-corrected chi connectivity index (χ2v) is 11.8. The van der Waals surface area contributed by atoms with Crippen molar-refractivity contribution in [3.8, 4) is 12.1 Å². The summed E-state index contributed by atoms with van der Waals surface area (Å²) in [6.45, 7) is 6.55. The highest BCUT2D eigenvalue weighted by molar-refractivity contribution is 9.12. The van der Waals surface area contributed by atoms with Crippen molar-refractivity contribution in [3.63, 3.8) is 0 Å². The number of nitriles is 2. The fourth-order valence-corrected chi connectivity index (χ4v) is 5.92. The fraction of sp³-hybridized carbons (Fsp3) is 0.364. The highest BCUT2D eigenvalue weighted by Crippen LogP contribution is 2.55. The van der Waals surface area contributed by atoms with E-state index in [4.69, 9.17) is 0 Å². The van der Waals surface area contributed by atoms with Crippen molar-refractivity contribution in [2.45, 2.75) is 40.1 Å². The van der Waals surface area contributed by atoms with Crippen LogP contribution in [0.3, 0.4) is 0 Å². The van der Waals surface area contributed by atoms with Crippen molar-refractivity contribution in [1.29, 1.82) is 10.5 Å². The Kier molecular flexibility index (Phi) is 5.78. The molecule has 27 heavy (non-hydrogen) atoms. The van der Waals surface area contributed by atoms with Crippen LogP contribution in [0, 0.1) is 34.0 Å². The van der Waals surface area contributed by atoms with Gasteiger partial charge in [-0.05, 0) is 28.8 Å². The maximum Gasteiger partial charge on any atom is 0.177 e. The Balaban J connectivity index is 2.06. The number of hydrogen-bond acceptors (Lipinski definition) is 3. The van der Waals surface area contributed by atoms with Gasteiger partial charge in [0.05, 0.1) is 12.1 Å². The van der Waals surface area contributed by atoms with Crippen molar-refractivity contribution < 1.29 is 0 Å². The van der Waals surface area contributed by atoms with Gasteiger partial charge < -0.3 is 0 Å². The number of halogens is 2. The third-order valence-electron chi connectivity index (χ3n) is 4.71. The lowest BCUT2D eigenvalue weighted by molar-refractivity contribution is 0.476. The van der Waals surface area contributed by atoms with Gasteiger partial charge in [0.1, 0.15) is 0 Å². The van der Waals surface area contributed by atoms with E-state index in [9.17, 15) is 10.5 Å². The van der Waals surface area contributed by atoms with Gasteiger partial charge in [-0.3, -0.25) is 0 Å². The summed E-state index contributed by atoms with van der Waals surface area (Å²) >= 11 is 9.19. The molecule has 1 aromatic carbocycles. The molecule has 0 heterocycles. The van der Waals surface area contributed by atoms with Crippen LogP contribution < -0.4 is 0 Å². The smallest absolute Gasteiger partial charge is 0.177 e. The standard InChI is InChI=1S/C22H20Br2N2S/c1-21(2,3)27-16-9-7-14(8-10-16)17-11-15-5-4-6-18(23)20(24)19(15)22(17,12-25)13-26/h4-11,18-20H,1-3H3. The summed E-state index contributed by atoms with van der Waals surface area (Å²) in [6, 6.07) is 12.9. The van der Waals surface area contributed by atoms with Crippen LogP contribution in [-0.2, 0) is 0 Å². The summed E-state index contributed by atoms with van der Waals surface area (Å²) in [4.78, 5) is 1.18. The first-order valence-corrected chi connectivity index (χ1v) is 11.4. The minimum Gasteiger partial charge on any atom is -0.196 e. The number of thioether (sulfide) groups is 1. The summed E-state index contributed by atoms with van der Waals surface area (Å²) < 4.78 is 0.135. The fourth-order valence-electron chi connectivity index (χ4n) is 3.58. The monoisotopic (exact) mass is 502 g/mol. The van der Waals surface area contributed by atoms with E-state index < -0.39 is 5.41 Å². The molecule has 2 nitrogen and oxygen atoms in total. The largest absolute Gasteiger partial charge is 0.196 e. The first kappa shape index (κ1) is 20.5. The Labute approximate surface area is 182 Å². The summed E-state index contributed by atoms with van der Waals surface area (Å²) in [5.41, 5.74) is 1.52. The Morgan fingerprint density at radius 2 is 1.70 bits per heavy atom. The molecule has 0 aromatic heterocycles. The lowest BCUT2D eigenvalue weighted by Gasteiger charge is -2.30. The first-order chi connectivity index (χ1) is 12.7. The van der Waals surface area contributed by atoms with Gasteiger partial charge in [0.2, 0.25) is 0 Å². The summed E-state index contributed by atoms with van der Waals surface area (Å²) in [5.74, 6) is -0.231. The molecule has 0 fully saturated rings. The predicted molar refractivity (Wildman–Crippen MR) is 120 cm³/mol. The lowest BCUT2D eigenvalue weighted by Crippen LogP contribution is -2.35. The maximum atomic E-state index is 10.1. The molecule has 0 N–H and O–H groups in total. The third-order valence-corrected chi connectivity index (χ3v) is 8.51. The zero-order valence-electron chi connectivity index (χ0n) is 15.4. The van der Waals surface area contributed by atoms with E-state index >= 15 is 0 Å². The topological polar surface area (TPSA) is 47.6 Å². The average molecular weight is 504 g/mol. The molecule has 0 saturated heterocycles. The van der Waals surface area contributed by atoms with E-state index in [1.165, 1.54) is 4.90 Å². The van der Waals surface area contributed by atoms with Crippen LogP contribution in [0.2, 0.25) is 0 Å². The van der Waals surface area contributed by atoms with Crippen molar-refractivity contribution in [1.82, 2.24) is 0 Å². The van der Waals surface area contributed by atoms with E-state index in [2.05, 4.69) is 76.9 Å². The van der Waals surface area contributed by atoms with E-state index in [0.717, 1.165) is 16.7 Å². The second-order valence-electron chi connectivity index (χ2n) is 7.75. The van der Waals surface area contributed by atoms with Crippen LogP contribution in [0.25, 0.3) is 5.57 Å². The van der Waals surface area contributed by atoms with Gasteiger partial charge in [-0.25, -0.2) is 0 Å². The van der Waals surface area contributed by atoms with Gasteiger partial charge in [0.15, 0.2) is 5.41 Å². The number of rotatable bonds is 2. The van der Waals surface area contributed by atoms with Crippen molar-refractivity contribution in [2.75, 3.05) is 0 Å². The molecule has 3 rings (SSSR count). The zero-order chi connectivity index (χ0) is 19.8. The van der Waals surface area contributed by atoms with Crippen LogP contribution in [0.5, 0.6) is 0 Å². The molecule has 2 aliphatic rings. The summed E-state index contributed by atoms with van der Waals surface area (Å²) in [7, 11) is 0. The highest BCUT2D eigenvalue weighted by Gasteiger charge is 2.53. The van der Waals surface area contributed by atoms with Gasteiger partial charge >= 0.3 is 0 Å². The number of benzene rings is 1. The lowest BCUT2D eigenvalue weighted by atomic mass is 9.71. The molecule has 0 aliphatic heterocycles. The van der Waals surface area contributed by atoms with E-state index in [-0.39, 0.29) is 20.3 Å². The molecule has 0 radical (unpaired) electrons. The Bertz CT molecular complexity index is 894. The third kappa shape index (κ3) is 3.83. The van der Waals surface area contributed by atoms with Crippen molar-refractivity contribution >= 4 is 49.2 Å². The summed E-state index contributed by atoms with van der Waals surface area (Å²) in [5, 5.41) is 20.2. The van der Waals surface area contributed by atoms with Crippen LogP contribution in [0.4, 0.5) is 0 Å². The molecule has 2 aliphatic carbocycles. The molecule has 0 amide bonds. The number of fused-ring (bicyclic) bond motifs is 1. The molecule has 3 unspecified atom stereocenters. The van der Waals surface area contributed by atoms with Gasteiger partial charge in [-0.1, -0.05) is 89.1 Å². The number of allylic oxidation sites excluding steroid dienone is 6. The van der Waals surface area contributed by atoms with Gasteiger partial charge in [-0.15, -0.1) is 11.8 Å². The quantitative estimate of drug-likeness (QED) is 0.335. The van der Waals surface area contributed by atoms with Gasteiger partial charge in [0, 0.05) is 25.2 Å². The van der Waals surface area contributed by atoms with Gasteiger partial charge in [0.25, 0.3) is 0 Å². The van der Waals surface area contributed by atoms with Crippen LogP contribution in [0.15, 0.2) is 59.0 Å². The van der Waals surface area contributed by atoms with E-state index in [1.807, 2.05) is 36.4 Å². The maximum absolute atomic E-state index is 10.1. The summed E-state index contributed by atoms with van der Waals surface area (Å²) in [6.07, 6.45) is 8.06. The first-order valence-electron chi connectivity index (χ1n) is 8.72. The minimum atomic E-state index is -1.21. The molecule has 3 atom stereocenters. The number of nitrogens with zero attached hydrogens (tertiary/aromatic N) is 2. The molecule has 0 bridgehead atoms. The molecule has 138 valence electrons. The number of alkyl halides is 2. The van der Waals surface area contributed by atoms with Crippen LogP contribution in [0.1, 0.15) is 26.3 Å². The Morgan fingerprint density at radius 3 is 2.26 bits per heavy atom. The molecule has 1 aromatic rings. The second kappa shape index (κ2) is 7.63. The van der Waals surface area contributed by atoms with Crippen LogP contribution >= 0.6 is 43.6 Å². The van der Waals surface area contributed by atoms with Crippen LogP contribution in [-0.4, -0.2) is 14.4 Å². The molecular formula is C22H20Br2N2S. The zero-order valence-corrected chi connectivity index (χ0v) is 19.4. The van der Waals surface area contributed by atoms with E-state index in [0.29, 0.717) is 0 Å². The molecule has 0 spiro atoms. The number of hydrogen-bond donors (Lipinski definition) is 0. The average Bonchev–Trinajstić information content (AvgIpc) is 2.87. The van der Waals surface area contributed by atoms with Crippen molar-refractivity contribution in [3.05, 3.63) is 59.7 Å². The SMILES string of the molecule is CC(C)(C)Sc1ccc(C2=CC3=CC=CC(Br)C(Br)C3C2(C#N)C#N)cc1. The van der Waals surface area contributed by atoms with Gasteiger partial charge in [-0.2, -0.15) is 10.5 Å². The Hall–Kier alpha value is -1.27. The normalized spacial score (nSPS) is 26.3. The molecular weight excluding hydrogens is 484 g/mol. The molecule has 5 heteroatoms. The van der Waals surface area contributed by atoms with Crippen molar-refractivity contribution in [2.24, 2.45) is 11.3 Å². The predicted octanol–water partition coefficient (Wildman–Crippen LogP) is 6.65. The highest BCUT2D eigenvalue weighted by atomic mass is 79.9. The molecule has 0 saturated carbocycles. The van der Waals surface area contributed by atoms with E-state index in [1.54, 1.807) is 11.8 Å². The minimum absolute atomic E-state index is 0.0498.